The Morgan fingerprint density at radius 3 is 1.53 bits per heavy atom. The van der Waals surface area contributed by atoms with Crippen molar-refractivity contribution in [2.45, 2.75) is 24.4 Å². The van der Waals surface area contributed by atoms with Gasteiger partial charge in [-0.2, -0.15) is 0 Å². The van der Waals surface area contributed by atoms with Gasteiger partial charge in [0.05, 0.1) is 6.16 Å². The molecule has 2 heterocycles. The van der Waals surface area contributed by atoms with Crippen molar-refractivity contribution in [3.63, 3.8) is 0 Å². The van der Waals surface area contributed by atoms with Crippen molar-refractivity contribution in [1.29, 1.82) is 0 Å². The third kappa shape index (κ3) is 6.91. The summed E-state index contributed by atoms with van der Waals surface area (Å²) >= 11 is 1.60. The highest BCUT2D eigenvalue weighted by atomic mass is 32.2. The molecule has 0 saturated carbocycles. The van der Waals surface area contributed by atoms with Gasteiger partial charge in [0.1, 0.15) is 40.3 Å². The van der Waals surface area contributed by atoms with E-state index >= 15 is 4.79 Å². The number of carbonyl (C=O) groups excluding carboxylic acids is 3. The lowest BCUT2D eigenvalue weighted by Gasteiger charge is -2.53. The largest absolute Gasteiger partial charge is 0.448 e. The summed E-state index contributed by atoms with van der Waals surface area (Å²) in [6.45, 7) is 1.48. The third-order valence-electron chi connectivity index (χ3n) is 10.3. The van der Waals surface area contributed by atoms with Crippen LogP contribution in [0.4, 0.5) is 5.69 Å². The molecule has 0 aliphatic carbocycles. The van der Waals surface area contributed by atoms with Crippen LogP contribution >= 0.6 is 19.0 Å². The van der Waals surface area contributed by atoms with E-state index in [1.807, 2.05) is 109 Å². The zero-order valence-corrected chi connectivity index (χ0v) is 32.1. The lowest BCUT2D eigenvalue weighted by molar-refractivity contribution is -0.153. The van der Waals surface area contributed by atoms with Gasteiger partial charge in [-0.3, -0.25) is 19.4 Å². The molecule has 2 aliphatic rings. The number of carbonyl (C=O) groups is 3. The number of amides is 2. The Hall–Kier alpha value is -5.75. The van der Waals surface area contributed by atoms with Crippen LogP contribution in [0.3, 0.4) is 0 Å². The van der Waals surface area contributed by atoms with Crippen molar-refractivity contribution in [3.05, 3.63) is 204 Å². The van der Waals surface area contributed by atoms with Crippen molar-refractivity contribution >= 4 is 58.4 Å². The molecule has 0 bridgehead atoms. The normalized spacial score (nSPS) is 16.6. The summed E-state index contributed by atoms with van der Waals surface area (Å²) in [5.74, 6) is -0.629. The van der Waals surface area contributed by atoms with Gasteiger partial charge in [0, 0.05) is 23.9 Å². The molecule has 0 radical (unpaired) electrons. The van der Waals surface area contributed by atoms with Crippen LogP contribution in [-0.4, -0.2) is 46.0 Å². The Kier molecular flexibility index (Phi) is 10.5. The van der Waals surface area contributed by atoms with Crippen LogP contribution in [0.25, 0.3) is 0 Å². The highest BCUT2D eigenvalue weighted by Crippen LogP contribution is 2.58. The van der Waals surface area contributed by atoms with Gasteiger partial charge in [0.15, 0.2) is 6.10 Å². The number of β-lactam (4-membered cyclic amide) rings is 1. The second-order valence-electron chi connectivity index (χ2n) is 13.6. The van der Waals surface area contributed by atoms with E-state index in [1.54, 1.807) is 21.6 Å². The van der Waals surface area contributed by atoms with Crippen molar-refractivity contribution in [2.75, 3.05) is 16.8 Å². The van der Waals surface area contributed by atoms with Crippen molar-refractivity contribution in [1.82, 2.24) is 4.90 Å². The van der Waals surface area contributed by atoms with Gasteiger partial charge in [0.25, 0.3) is 5.91 Å². The summed E-state index contributed by atoms with van der Waals surface area (Å²) in [7, 11) is -2.47. The second kappa shape index (κ2) is 15.9. The molecule has 0 aromatic heterocycles. The summed E-state index contributed by atoms with van der Waals surface area (Å²) in [4.78, 5) is 46.2. The molecule has 1 unspecified atom stereocenters. The minimum absolute atomic E-state index is 0.237. The maximum atomic E-state index is 15.1. The summed E-state index contributed by atoms with van der Waals surface area (Å²) in [6, 6.07) is 59.5. The lowest BCUT2D eigenvalue weighted by Crippen LogP contribution is -2.71. The summed E-state index contributed by atoms with van der Waals surface area (Å²) < 4.78 is 6.58. The molecule has 8 heteroatoms. The molecule has 6 nitrogen and oxygen atoms in total. The monoisotopic (exact) mass is 759 g/mol. The molecule has 2 atom stereocenters. The van der Waals surface area contributed by atoms with E-state index in [-0.39, 0.29) is 17.5 Å². The van der Waals surface area contributed by atoms with E-state index in [2.05, 4.69) is 72.8 Å². The number of nitrogens with zero attached hydrogens (tertiary/aromatic N) is 2. The highest BCUT2D eigenvalue weighted by Gasteiger charge is 2.59. The highest BCUT2D eigenvalue weighted by molar-refractivity contribution is 8.00. The smallest absolute Gasteiger partial charge is 0.356 e. The molecule has 6 aromatic rings. The fourth-order valence-electron chi connectivity index (χ4n) is 7.81. The number of benzene rings is 6. The molecule has 1 fully saturated rings. The average molecular weight is 760 g/mol. The number of anilines is 1. The van der Waals surface area contributed by atoms with Crippen LogP contribution in [-0.2, 0) is 19.1 Å². The molecule has 2 amide bonds. The number of hydrogen-bond donors (Lipinski definition) is 0. The minimum atomic E-state index is -2.47. The van der Waals surface area contributed by atoms with E-state index in [9.17, 15) is 9.59 Å². The van der Waals surface area contributed by atoms with Gasteiger partial charge in [-0.1, -0.05) is 133 Å². The Balaban J connectivity index is 1.29. The van der Waals surface area contributed by atoms with Crippen molar-refractivity contribution in [2.24, 2.45) is 0 Å². The van der Waals surface area contributed by atoms with Crippen molar-refractivity contribution in [3.8, 4) is 0 Å². The predicted molar refractivity (Wildman–Crippen MR) is 224 cm³/mol. The molecule has 55 heavy (non-hydrogen) atoms. The number of ether oxygens (including phenoxy) is 1. The quantitative estimate of drug-likeness (QED) is 0.0764. The first-order chi connectivity index (χ1) is 27.0. The van der Waals surface area contributed by atoms with Gasteiger partial charge in [-0.15, -0.1) is 11.8 Å². The van der Waals surface area contributed by atoms with Crippen molar-refractivity contribution < 1.29 is 19.1 Å². The van der Waals surface area contributed by atoms with E-state index in [1.165, 1.54) is 22.8 Å². The third-order valence-corrected chi connectivity index (χ3v) is 16.0. The van der Waals surface area contributed by atoms with E-state index in [0.29, 0.717) is 17.6 Å². The van der Waals surface area contributed by atoms with Crippen LogP contribution in [0.15, 0.2) is 193 Å². The maximum Gasteiger partial charge on any atom is 0.356 e. The van der Waals surface area contributed by atoms with Crippen LogP contribution in [0.5, 0.6) is 0 Å². The van der Waals surface area contributed by atoms with E-state index < -0.39 is 30.8 Å². The first-order valence-electron chi connectivity index (χ1n) is 18.3. The molecule has 2 aliphatic heterocycles. The number of esters is 1. The number of hydrogen-bond acceptors (Lipinski definition) is 5. The fraction of sp³-hybridized carbons (Fsp3) is 0.128. The summed E-state index contributed by atoms with van der Waals surface area (Å²) in [5.41, 5.74) is 3.40. The van der Waals surface area contributed by atoms with Crippen LogP contribution < -0.4 is 20.8 Å². The van der Waals surface area contributed by atoms with Gasteiger partial charge in [0.2, 0.25) is 5.91 Å². The molecule has 0 spiro atoms. The number of fused-ring (bicyclic) bond motifs is 1. The van der Waals surface area contributed by atoms with E-state index in [0.717, 1.165) is 16.7 Å². The van der Waals surface area contributed by atoms with Crippen LogP contribution in [0.2, 0.25) is 0 Å². The van der Waals surface area contributed by atoms with E-state index in [4.69, 9.17) is 4.74 Å². The predicted octanol–water partition coefficient (Wildman–Crippen LogP) is 7.90. The number of para-hydroxylation sites is 1. The van der Waals surface area contributed by atoms with Crippen LogP contribution in [0, 0.1) is 0 Å². The maximum absolute atomic E-state index is 15.1. The first kappa shape index (κ1) is 36.2. The Labute approximate surface area is 326 Å². The number of thioether (sulfide) groups is 1. The zero-order chi connectivity index (χ0) is 37.8. The molecule has 272 valence electrons. The molecule has 1 saturated heterocycles. The molecular weight excluding hydrogens is 720 g/mol. The van der Waals surface area contributed by atoms with Gasteiger partial charge >= 0.3 is 5.97 Å². The number of rotatable bonds is 11. The van der Waals surface area contributed by atoms with Gasteiger partial charge < -0.3 is 4.74 Å². The molecule has 8 rings (SSSR count). The molecular formula is C47H40N2O4PS+. The topological polar surface area (TPSA) is 66.9 Å². The SMILES string of the molecule is CC(=O)N(c1ccccc1)C1C(=O)N2C(C(=O)OC(c3ccccc3)c3ccccc3)=C(C[P+](c3ccccc3)(c3ccccc3)c3ccccc3)CS[C@@H]12. The lowest BCUT2D eigenvalue weighted by atomic mass is 9.99. The standard InChI is InChI=1S/C47H40N2O4PS/c1-34(50)48(38-24-12-4-13-25-38)43-45(51)49-42(47(52)53-44(35-20-8-2-9-21-35)36-22-10-3-11-23-36)37(33-55-46(43)49)32-54(39-26-14-5-15-27-39,40-28-16-6-17-29-40)41-30-18-7-19-31-41/h2-31,43-44,46H,32-33H2,1H3/q+1/t43?,46-/m0/s1. The minimum Gasteiger partial charge on any atom is -0.448 e. The molecule has 6 aromatic carbocycles. The van der Waals surface area contributed by atoms with Crippen LogP contribution in [0.1, 0.15) is 24.2 Å². The first-order valence-corrected chi connectivity index (χ1v) is 21.4. The van der Waals surface area contributed by atoms with Gasteiger partial charge in [-0.25, -0.2) is 4.79 Å². The fourth-order valence-corrected chi connectivity index (χ4v) is 13.7. The second-order valence-corrected chi connectivity index (χ2v) is 18.2. The molecule has 0 N–H and O–H groups in total. The van der Waals surface area contributed by atoms with Gasteiger partial charge in [-0.05, 0) is 59.7 Å². The summed E-state index contributed by atoms with van der Waals surface area (Å²) in [5, 5.41) is 3.04. The summed E-state index contributed by atoms with van der Waals surface area (Å²) in [6.07, 6.45) is -0.195. The Morgan fingerprint density at radius 1 is 0.673 bits per heavy atom. The average Bonchev–Trinajstić information content (AvgIpc) is 3.25. The Bertz CT molecular complexity index is 2170. The Morgan fingerprint density at radius 2 is 1.09 bits per heavy atom. The zero-order valence-electron chi connectivity index (χ0n) is 30.3.